The molecule has 0 unspecified atom stereocenters. The number of halogens is 2. The number of amides is 1. The zero-order valence-corrected chi connectivity index (χ0v) is 14.3. The van der Waals surface area contributed by atoms with Crippen LogP contribution in [0.15, 0.2) is 54.6 Å². The number of anilines is 1. The molecule has 0 aliphatic rings. The van der Waals surface area contributed by atoms with Crippen LogP contribution in [-0.4, -0.2) is 15.7 Å². The average Bonchev–Trinajstić information content (AvgIpc) is 2.87. The SMILES string of the molecule is Cc1nn(-c2ccccc2)c(C)c1/C=C/C(=O)Nc1cc(F)cc(F)c1. The molecule has 0 fully saturated rings. The van der Waals surface area contributed by atoms with Crippen molar-refractivity contribution in [3.63, 3.8) is 0 Å². The molecule has 0 bridgehead atoms. The van der Waals surface area contributed by atoms with Gasteiger partial charge in [-0.1, -0.05) is 18.2 Å². The van der Waals surface area contributed by atoms with Crippen molar-refractivity contribution < 1.29 is 13.6 Å². The number of rotatable bonds is 4. The highest BCUT2D eigenvalue weighted by Crippen LogP contribution is 2.19. The Bertz CT molecular complexity index is 958. The normalized spacial score (nSPS) is 11.1. The van der Waals surface area contributed by atoms with Crippen LogP contribution < -0.4 is 5.32 Å². The van der Waals surface area contributed by atoms with Crippen molar-refractivity contribution >= 4 is 17.7 Å². The Morgan fingerprint density at radius 2 is 1.73 bits per heavy atom. The molecule has 2 aromatic carbocycles. The van der Waals surface area contributed by atoms with Crippen LogP contribution >= 0.6 is 0 Å². The lowest BCUT2D eigenvalue weighted by molar-refractivity contribution is -0.111. The Labute approximate surface area is 149 Å². The second-order valence-electron chi connectivity index (χ2n) is 5.81. The van der Waals surface area contributed by atoms with Gasteiger partial charge in [-0.3, -0.25) is 4.79 Å². The van der Waals surface area contributed by atoms with Crippen LogP contribution in [0.25, 0.3) is 11.8 Å². The number of hydrogen-bond acceptors (Lipinski definition) is 2. The third-order valence-electron chi connectivity index (χ3n) is 3.88. The van der Waals surface area contributed by atoms with Crippen molar-refractivity contribution in [3.8, 4) is 5.69 Å². The molecule has 0 saturated carbocycles. The summed E-state index contributed by atoms with van der Waals surface area (Å²) in [7, 11) is 0. The first-order chi connectivity index (χ1) is 12.4. The summed E-state index contributed by atoms with van der Waals surface area (Å²) in [6.07, 6.45) is 2.96. The number of aromatic nitrogens is 2. The van der Waals surface area contributed by atoms with E-state index in [9.17, 15) is 13.6 Å². The van der Waals surface area contributed by atoms with Crippen molar-refractivity contribution in [3.05, 3.63) is 83.2 Å². The molecule has 0 aliphatic heterocycles. The highest BCUT2D eigenvalue weighted by molar-refractivity contribution is 6.02. The summed E-state index contributed by atoms with van der Waals surface area (Å²) in [6, 6.07) is 12.5. The van der Waals surface area contributed by atoms with E-state index in [2.05, 4.69) is 10.4 Å². The van der Waals surface area contributed by atoms with Crippen LogP contribution in [-0.2, 0) is 4.79 Å². The van der Waals surface area contributed by atoms with Crippen molar-refractivity contribution in [2.45, 2.75) is 13.8 Å². The predicted octanol–water partition coefficient (Wildman–Crippen LogP) is 4.42. The molecule has 0 atom stereocenters. The fraction of sp³-hybridized carbons (Fsp3) is 0.100. The van der Waals surface area contributed by atoms with E-state index in [-0.39, 0.29) is 5.69 Å². The second kappa shape index (κ2) is 7.31. The number of benzene rings is 2. The first-order valence-corrected chi connectivity index (χ1v) is 8.01. The van der Waals surface area contributed by atoms with Gasteiger partial charge in [0.25, 0.3) is 0 Å². The fourth-order valence-corrected chi connectivity index (χ4v) is 2.69. The second-order valence-corrected chi connectivity index (χ2v) is 5.81. The van der Waals surface area contributed by atoms with Crippen LogP contribution in [0.2, 0.25) is 0 Å². The molecule has 132 valence electrons. The smallest absolute Gasteiger partial charge is 0.248 e. The zero-order chi connectivity index (χ0) is 18.7. The quantitative estimate of drug-likeness (QED) is 0.706. The molecule has 1 amide bonds. The number of carbonyl (C=O) groups is 1. The number of aryl methyl sites for hydroxylation is 1. The molecule has 3 aromatic rings. The molecule has 0 aliphatic carbocycles. The van der Waals surface area contributed by atoms with Gasteiger partial charge in [0.1, 0.15) is 11.6 Å². The molecule has 0 radical (unpaired) electrons. The van der Waals surface area contributed by atoms with Crippen LogP contribution in [0.3, 0.4) is 0 Å². The minimum Gasteiger partial charge on any atom is -0.322 e. The van der Waals surface area contributed by atoms with E-state index in [1.54, 1.807) is 10.8 Å². The summed E-state index contributed by atoms with van der Waals surface area (Å²) >= 11 is 0. The number of para-hydroxylation sites is 1. The molecule has 26 heavy (non-hydrogen) atoms. The van der Waals surface area contributed by atoms with Crippen LogP contribution in [0, 0.1) is 25.5 Å². The molecular weight excluding hydrogens is 336 g/mol. The lowest BCUT2D eigenvalue weighted by atomic mass is 10.2. The van der Waals surface area contributed by atoms with Crippen molar-refractivity contribution in [1.82, 2.24) is 9.78 Å². The summed E-state index contributed by atoms with van der Waals surface area (Å²) in [5.41, 5.74) is 3.45. The highest BCUT2D eigenvalue weighted by Gasteiger charge is 2.11. The molecule has 0 spiro atoms. The highest BCUT2D eigenvalue weighted by atomic mass is 19.1. The molecule has 3 rings (SSSR count). The lowest BCUT2D eigenvalue weighted by Gasteiger charge is -2.04. The van der Waals surface area contributed by atoms with Gasteiger partial charge in [-0.05, 0) is 44.2 Å². The van der Waals surface area contributed by atoms with E-state index in [0.29, 0.717) is 0 Å². The number of nitrogens with zero attached hydrogens (tertiary/aromatic N) is 2. The zero-order valence-electron chi connectivity index (χ0n) is 14.3. The van der Waals surface area contributed by atoms with Gasteiger partial charge in [0.05, 0.1) is 11.4 Å². The molecule has 1 heterocycles. The Kier molecular flexibility index (Phi) is 4.93. The largest absolute Gasteiger partial charge is 0.322 e. The van der Waals surface area contributed by atoms with Crippen LogP contribution in [0.4, 0.5) is 14.5 Å². The summed E-state index contributed by atoms with van der Waals surface area (Å²) in [4.78, 5) is 12.0. The molecule has 1 aromatic heterocycles. The molecule has 1 N–H and O–H groups in total. The maximum atomic E-state index is 13.2. The lowest BCUT2D eigenvalue weighted by Crippen LogP contribution is -2.08. The van der Waals surface area contributed by atoms with E-state index in [4.69, 9.17) is 0 Å². The van der Waals surface area contributed by atoms with Gasteiger partial charge < -0.3 is 5.32 Å². The van der Waals surface area contributed by atoms with Crippen molar-refractivity contribution in [1.29, 1.82) is 0 Å². The number of nitrogens with one attached hydrogen (secondary N) is 1. The van der Waals surface area contributed by atoms with E-state index in [1.165, 1.54) is 6.08 Å². The van der Waals surface area contributed by atoms with Crippen LogP contribution in [0.5, 0.6) is 0 Å². The summed E-state index contributed by atoms with van der Waals surface area (Å²) in [5.74, 6) is -1.98. The van der Waals surface area contributed by atoms with Gasteiger partial charge in [0, 0.05) is 29.1 Å². The topological polar surface area (TPSA) is 46.9 Å². The first-order valence-electron chi connectivity index (χ1n) is 8.01. The Hall–Kier alpha value is -3.28. The van der Waals surface area contributed by atoms with Gasteiger partial charge in [-0.2, -0.15) is 5.10 Å². The van der Waals surface area contributed by atoms with E-state index in [0.717, 1.165) is 40.8 Å². The summed E-state index contributed by atoms with van der Waals surface area (Å²) in [5, 5.41) is 6.94. The molecular formula is C20H17F2N3O. The van der Waals surface area contributed by atoms with Gasteiger partial charge >= 0.3 is 0 Å². The minimum absolute atomic E-state index is 0.0607. The number of carbonyl (C=O) groups excluding carboxylic acids is 1. The monoisotopic (exact) mass is 353 g/mol. The molecule has 0 saturated heterocycles. The first kappa shape index (κ1) is 17.5. The minimum atomic E-state index is -0.750. The Balaban J connectivity index is 1.80. The van der Waals surface area contributed by atoms with Crippen molar-refractivity contribution in [2.24, 2.45) is 0 Å². The predicted molar refractivity (Wildman–Crippen MR) is 97.1 cm³/mol. The summed E-state index contributed by atoms with van der Waals surface area (Å²) in [6.45, 7) is 3.76. The van der Waals surface area contributed by atoms with Gasteiger partial charge in [0.15, 0.2) is 0 Å². The van der Waals surface area contributed by atoms with Gasteiger partial charge in [-0.25, -0.2) is 13.5 Å². The van der Waals surface area contributed by atoms with Crippen LogP contribution in [0.1, 0.15) is 17.0 Å². The third-order valence-corrected chi connectivity index (χ3v) is 3.88. The third kappa shape index (κ3) is 3.85. The van der Waals surface area contributed by atoms with Gasteiger partial charge in [0.2, 0.25) is 5.91 Å². The Morgan fingerprint density at radius 1 is 1.08 bits per heavy atom. The maximum absolute atomic E-state index is 13.2. The maximum Gasteiger partial charge on any atom is 0.248 e. The molecule has 4 nitrogen and oxygen atoms in total. The van der Waals surface area contributed by atoms with E-state index in [1.807, 2.05) is 44.2 Å². The fourth-order valence-electron chi connectivity index (χ4n) is 2.69. The van der Waals surface area contributed by atoms with E-state index < -0.39 is 17.5 Å². The Morgan fingerprint density at radius 3 is 2.38 bits per heavy atom. The van der Waals surface area contributed by atoms with E-state index >= 15 is 0 Å². The standard InChI is InChI=1S/C20H17F2N3O/c1-13-19(14(2)25(24-13)18-6-4-3-5-7-18)8-9-20(26)23-17-11-15(21)10-16(22)12-17/h3-12H,1-2H3,(H,23,26)/b9-8+. The number of hydrogen-bond donors (Lipinski definition) is 1. The average molecular weight is 353 g/mol. The summed E-state index contributed by atoms with van der Waals surface area (Å²) < 4.78 is 28.2. The molecule has 6 heteroatoms. The van der Waals surface area contributed by atoms with Gasteiger partial charge in [-0.15, -0.1) is 0 Å². The van der Waals surface area contributed by atoms with Crippen molar-refractivity contribution in [2.75, 3.05) is 5.32 Å².